The van der Waals surface area contributed by atoms with Crippen LogP contribution in [0.2, 0.25) is 0 Å². The van der Waals surface area contributed by atoms with Crippen LogP contribution >= 0.6 is 0 Å². The first-order valence-corrected chi connectivity index (χ1v) is 15.7. The molecule has 1 saturated heterocycles. The summed E-state index contributed by atoms with van der Waals surface area (Å²) in [5.41, 5.74) is -0.334. The smallest absolute Gasteiger partial charge is 0.420 e. The number of aromatic nitrogens is 1. The fourth-order valence-electron chi connectivity index (χ4n) is 5.05. The number of carbonyl (C=O) groups is 1. The second kappa shape index (κ2) is 13.8. The van der Waals surface area contributed by atoms with E-state index in [9.17, 15) is 18.0 Å². The van der Waals surface area contributed by atoms with E-state index in [1.54, 1.807) is 19.2 Å². The van der Waals surface area contributed by atoms with E-state index in [4.69, 9.17) is 23.7 Å². The number of methoxy groups -OCH3 is 1. The molecule has 0 radical (unpaired) electrons. The number of rotatable bonds is 12. The van der Waals surface area contributed by atoms with Gasteiger partial charge in [-0.05, 0) is 78.4 Å². The molecule has 2 amide bonds. The summed E-state index contributed by atoms with van der Waals surface area (Å²) in [6.07, 6.45) is -1.36. The molecule has 3 aromatic carbocycles. The number of ether oxygens (including phenoxy) is 5. The highest BCUT2D eigenvalue weighted by Crippen LogP contribution is 2.42. The number of urea groups is 1. The number of hydrogen-bond acceptors (Lipinski definition) is 7. The third kappa shape index (κ3) is 7.99. The van der Waals surface area contributed by atoms with Crippen molar-refractivity contribution < 1.29 is 46.0 Å². The Morgan fingerprint density at radius 3 is 2.35 bits per heavy atom. The molecule has 13 heteroatoms. The summed E-state index contributed by atoms with van der Waals surface area (Å²) in [5, 5.41) is 4.69. The van der Waals surface area contributed by atoms with Crippen LogP contribution in [0.15, 0.2) is 72.9 Å². The van der Waals surface area contributed by atoms with Gasteiger partial charge in [0.25, 0.3) is 5.88 Å². The minimum absolute atomic E-state index is 0.0483. The molecule has 0 bridgehead atoms. The number of nitrogens with zero attached hydrogens (tertiary/aromatic N) is 1. The molecule has 0 atom stereocenters. The standard InChI is InChI=1S/C36H35F4N3O6/c1-21(2)35(19-46-20-35)49-31-13-7-25(16-28(31)36(38,39)40)42-34(44)43-30-12-6-23(14-29(30)37)24-15-32(48-27-10-11-27)33(41-17-24)47-18-22-4-8-26(45-3)9-5-22/h4-9,12-17,21,27H,10-11,18-20H2,1-3H3,(H2,42,43,44). The second-order valence-corrected chi connectivity index (χ2v) is 12.3. The Hall–Kier alpha value is -5.04. The fourth-order valence-corrected chi connectivity index (χ4v) is 5.05. The van der Waals surface area contributed by atoms with Gasteiger partial charge >= 0.3 is 12.2 Å². The third-order valence-electron chi connectivity index (χ3n) is 8.32. The molecule has 2 fully saturated rings. The minimum atomic E-state index is -4.76. The lowest BCUT2D eigenvalue weighted by Gasteiger charge is -2.44. The lowest BCUT2D eigenvalue weighted by atomic mass is 9.88. The van der Waals surface area contributed by atoms with E-state index >= 15 is 4.39 Å². The van der Waals surface area contributed by atoms with Gasteiger partial charge in [-0.15, -0.1) is 0 Å². The van der Waals surface area contributed by atoms with E-state index < -0.39 is 29.2 Å². The first-order valence-electron chi connectivity index (χ1n) is 15.7. The predicted molar refractivity (Wildman–Crippen MR) is 174 cm³/mol. The number of benzene rings is 3. The Bertz CT molecular complexity index is 1810. The van der Waals surface area contributed by atoms with Gasteiger partial charge in [-0.25, -0.2) is 14.2 Å². The highest BCUT2D eigenvalue weighted by atomic mass is 19.4. The molecule has 1 aliphatic carbocycles. The SMILES string of the molecule is COc1ccc(COc2ncc(-c3ccc(NC(=O)Nc4ccc(OC5(C(C)C)COC5)c(C(F)(F)F)c4)c(F)c3)cc2OC2CC2)cc1. The molecule has 258 valence electrons. The van der Waals surface area contributed by atoms with Crippen LogP contribution in [-0.4, -0.2) is 43.0 Å². The average molecular weight is 682 g/mol. The van der Waals surface area contributed by atoms with Crippen LogP contribution in [0.3, 0.4) is 0 Å². The molecule has 0 unspecified atom stereocenters. The molecule has 2 heterocycles. The van der Waals surface area contributed by atoms with Crippen LogP contribution in [0.1, 0.15) is 37.8 Å². The molecule has 2 N–H and O–H groups in total. The topological polar surface area (TPSA) is 100 Å². The molecule has 9 nitrogen and oxygen atoms in total. The van der Waals surface area contributed by atoms with Crippen molar-refractivity contribution in [1.82, 2.24) is 4.98 Å². The molecular weight excluding hydrogens is 646 g/mol. The van der Waals surface area contributed by atoms with Gasteiger partial charge in [-0.1, -0.05) is 32.0 Å². The number of alkyl halides is 3. The zero-order valence-electron chi connectivity index (χ0n) is 27.0. The maximum Gasteiger partial charge on any atom is 0.420 e. The van der Waals surface area contributed by atoms with Crippen molar-refractivity contribution in [3.63, 3.8) is 0 Å². The van der Waals surface area contributed by atoms with Gasteiger partial charge in [-0.3, -0.25) is 0 Å². The van der Waals surface area contributed by atoms with Crippen molar-refractivity contribution >= 4 is 17.4 Å². The average Bonchev–Trinajstić information content (AvgIpc) is 3.87. The van der Waals surface area contributed by atoms with Crippen LogP contribution in [-0.2, 0) is 17.5 Å². The molecule has 4 aromatic rings. The zero-order chi connectivity index (χ0) is 34.8. The van der Waals surface area contributed by atoms with E-state index in [2.05, 4.69) is 15.6 Å². The maximum absolute atomic E-state index is 15.2. The highest BCUT2D eigenvalue weighted by molar-refractivity contribution is 6.00. The molecule has 1 saturated carbocycles. The summed E-state index contributed by atoms with van der Waals surface area (Å²) in [4.78, 5) is 17.2. The number of hydrogen-bond donors (Lipinski definition) is 2. The molecule has 49 heavy (non-hydrogen) atoms. The number of halogens is 4. The summed E-state index contributed by atoms with van der Waals surface area (Å²) >= 11 is 0. The van der Waals surface area contributed by atoms with Gasteiger partial charge in [0.2, 0.25) is 0 Å². The van der Waals surface area contributed by atoms with Crippen molar-refractivity contribution in [3.05, 3.63) is 89.9 Å². The van der Waals surface area contributed by atoms with Crippen molar-refractivity contribution in [2.45, 2.75) is 51.2 Å². The van der Waals surface area contributed by atoms with Crippen molar-refractivity contribution in [3.8, 4) is 34.3 Å². The Morgan fingerprint density at radius 2 is 1.73 bits per heavy atom. The normalized spacial score (nSPS) is 15.3. The van der Waals surface area contributed by atoms with Crippen LogP contribution in [0.4, 0.5) is 33.7 Å². The van der Waals surface area contributed by atoms with E-state index in [1.807, 2.05) is 38.1 Å². The van der Waals surface area contributed by atoms with Gasteiger partial charge < -0.3 is 34.3 Å². The summed E-state index contributed by atoms with van der Waals surface area (Å²) in [6, 6.07) is 15.6. The van der Waals surface area contributed by atoms with Gasteiger partial charge in [-0.2, -0.15) is 13.2 Å². The zero-order valence-corrected chi connectivity index (χ0v) is 27.0. The van der Waals surface area contributed by atoms with E-state index in [0.717, 1.165) is 36.3 Å². The van der Waals surface area contributed by atoms with Gasteiger partial charge in [0.15, 0.2) is 11.4 Å². The highest BCUT2D eigenvalue weighted by Gasteiger charge is 2.46. The number of pyridine rings is 1. The van der Waals surface area contributed by atoms with Gasteiger partial charge in [0, 0.05) is 17.4 Å². The maximum atomic E-state index is 15.2. The molecule has 6 rings (SSSR count). The number of nitrogens with one attached hydrogen (secondary N) is 2. The van der Waals surface area contributed by atoms with Crippen LogP contribution in [0.5, 0.6) is 23.1 Å². The fraction of sp³-hybridized carbons (Fsp3) is 0.333. The Labute approximate surface area is 280 Å². The molecule has 2 aliphatic rings. The molecular formula is C36H35F4N3O6. The monoisotopic (exact) mass is 681 g/mol. The van der Waals surface area contributed by atoms with E-state index in [0.29, 0.717) is 22.8 Å². The van der Waals surface area contributed by atoms with Crippen molar-refractivity contribution in [2.24, 2.45) is 5.92 Å². The number of anilines is 2. The quantitative estimate of drug-likeness (QED) is 0.145. The molecule has 0 spiro atoms. The first-order chi connectivity index (χ1) is 23.4. The first kappa shape index (κ1) is 33.8. The predicted octanol–water partition coefficient (Wildman–Crippen LogP) is 8.48. The lowest BCUT2D eigenvalue weighted by Crippen LogP contribution is -2.58. The summed E-state index contributed by atoms with van der Waals surface area (Å²) < 4.78 is 85.3. The summed E-state index contributed by atoms with van der Waals surface area (Å²) in [6.45, 7) is 4.28. The summed E-state index contributed by atoms with van der Waals surface area (Å²) in [5.74, 6) is 0.226. The van der Waals surface area contributed by atoms with Crippen LogP contribution in [0.25, 0.3) is 11.1 Å². The van der Waals surface area contributed by atoms with E-state index in [-0.39, 0.29) is 49.0 Å². The Morgan fingerprint density at radius 1 is 0.980 bits per heavy atom. The third-order valence-corrected chi connectivity index (χ3v) is 8.32. The van der Waals surface area contributed by atoms with Crippen molar-refractivity contribution in [2.75, 3.05) is 31.0 Å². The van der Waals surface area contributed by atoms with Crippen molar-refractivity contribution in [1.29, 1.82) is 0 Å². The second-order valence-electron chi connectivity index (χ2n) is 12.3. The largest absolute Gasteiger partial charge is 0.497 e. The lowest BCUT2D eigenvalue weighted by molar-refractivity contribution is -0.189. The molecule has 1 aliphatic heterocycles. The van der Waals surface area contributed by atoms with Gasteiger partial charge in [0.1, 0.15) is 23.9 Å². The van der Waals surface area contributed by atoms with Crippen LogP contribution in [0, 0.1) is 11.7 Å². The van der Waals surface area contributed by atoms with E-state index in [1.165, 1.54) is 24.4 Å². The Balaban J connectivity index is 1.13. The summed E-state index contributed by atoms with van der Waals surface area (Å²) in [7, 11) is 1.59. The Kier molecular flexibility index (Phi) is 9.55. The van der Waals surface area contributed by atoms with Gasteiger partial charge in [0.05, 0.1) is 37.7 Å². The number of amides is 2. The van der Waals surface area contributed by atoms with Crippen LogP contribution < -0.4 is 29.6 Å². The minimum Gasteiger partial charge on any atom is -0.497 e. The number of carbonyl (C=O) groups excluding carboxylic acids is 1. The molecule has 1 aromatic heterocycles.